The molecule has 3 heteroatoms. The van der Waals surface area contributed by atoms with E-state index >= 15 is 0 Å². The maximum atomic E-state index is 10.7. The first-order valence-electron chi connectivity index (χ1n) is 7.37. The fraction of sp³-hybridized carbons (Fsp3) is 0.100. The summed E-state index contributed by atoms with van der Waals surface area (Å²) in [7, 11) is 0. The number of carboxylic acid groups (broad SMARTS) is 1. The lowest BCUT2D eigenvalue weighted by molar-refractivity contribution is -0.136. The van der Waals surface area contributed by atoms with Crippen LogP contribution in [0.5, 0.6) is 0 Å². The van der Waals surface area contributed by atoms with Crippen LogP contribution in [0.3, 0.4) is 0 Å². The molecule has 0 amide bonds. The molecule has 0 spiro atoms. The Hall–Kier alpha value is -3.12. The van der Waals surface area contributed by atoms with Crippen molar-refractivity contribution in [3.8, 4) is 6.07 Å². The second kappa shape index (κ2) is 6.33. The zero-order valence-electron chi connectivity index (χ0n) is 12.5. The quantitative estimate of drug-likeness (QED) is 0.794. The Morgan fingerprint density at radius 2 is 1.65 bits per heavy atom. The van der Waals surface area contributed by atoms with Crippen LogP contribution >= 0.6 is 0 Å². The van der Waals surface area contributed by atoms with Gasteiger partial charge in [0.25, 0.3) is 0 Å². The third-order valence-electron chi connectivity index (χ3n) is 3.83. The van der Waals surface area contributed by atoms with Gasteiger partial charge in [-0.15, -0.1) is 0 Å². The van der Waals surface area contributed by atoms with Crippen LogP contribution in [0.25, 0.3) is 10.8 Å². The lowest BCUT2D eigenvalue weighted by Crippen LogP contribution is -2.00. The van der Waals surface area contributed by atoms with Crippen molar-refractivity contribution in [2.45, 2.75) is 12.8 Å². The summed E-state index contributed by atoms with van der Waals surface area (Å²) < 4.78 is 0. The van der Waals surface area contributed by atoms with Gasteiger partial charge in [0.2, 0.25) is 0 Å². The molecule has 0 heterocycles. The summed E-state index contributed by atoms with van der Waals surface area (Å²) in [6, 6.07) is 21.7. The molecule has 112 valence electrons. The van der Waals surface area contributed by atoms with E-state index in [9.17, 15) is 10.1 Å². The van der Waals surface area contributed by atoms with Crippen molar-refractivity contribution in [1.29, 1.82) is 5.26 Å². The molecule has 3 aromatic rings. The molecule has 0 radical (unpaired) electrons. The molecule has 0 fully saturated rings. The highest BCUT2D eigenvalue weighted by molar-refractivity contribution is 5.88. The number of fused-ring (bicyclic) bond motifs is 1. The van der Waals surface area contributed by atoms with Gasteiger partial charge in [-0.3, -0.25) is 4.79 Å². The van der Waals surface area contributed by atoms with Crippen LogP contribution in [0, 0.1) is 11.3 Å². The van der Waals surface area contributed by atoms with Crippen LogP contribution < -0.4 is 0 Å². The molecule has 0 aliphatic heterocycles. The highest BCUT2D eigenvalue weighted by atomic mass is 16.4. The zero-order valence-corrected chi connectivity index (χ0v) is 12.5. The van der Waals surface area contributed by atoms with Crippen LogP contribution in [0.4, 0.5) is 0 Å². The Morgan fingerprint density at radius 1 is 0.957 bits per heavy atom. The van der Waals surface area contributed by atoms with Gasteiger partial charge in [-0.25, -0.2) is 0 Å². The van der Waals surface area contributed by atoms with Gasteiger partial charge in [0.1, 0.15) is 0 Å². The van der Waals surface area contributed by atoms with Crippen molar-refractivity contribution in [2.24, 2.45) is 0 Å². The molecule has 0 unspecified atom stereocenters. The number of aliphatic carboxylic acids is 1. The van der Waals surface area contributed by atoms with Crippen molar-refractivity contribution in [2.75, 3.05) is 0 Å². The van der Waals surface area contributed by atoms with Crippen molar-refractivity contribution in [1.82, 2.24) is 0 Å². The van der Waals surface area contributed by atoms with Gasteiger partial charge in [-0.1, -0.05) is 54.6 Å². The first-order valence-corrected chi connectivity index (χ1v) is 7.37. The highest BCUT2D eigenvalue weighted by Gasteiger charge is 2.05. The number of hydrogen-bond donors (Lipinski definition) is 1. The second-order valence-corrected chi connectivity index (χ2v) is 5.54. The predicted molar refractivity (Wildman–Crippen MR) is 89.3 cm³/mol. The number of nitriles is 1. The minimum absolute atomic E-state index is 0.0365. The van der Waals surface area contributed by atoms with Crippen LogP contribution in [0.1, 0.15) is 22.3 Å². The Morgan fingerprint density at radius 3 is 2.35 bits per heavy atom. The molecule has 23 heavy (non-hydrogen) atoms. The number of hydrogen-bond acceptors (Lipinski definition) is 2. The summed E-state index contributed by atoms with van der Waals surface area (Å²) in [4.78, 5) is 10.7. The number of carboxylic acids is 1. The topological polar surface area (TPSA) is 61.1 Å². The average Bonchev–Trinajstić information content (AvgIpc) is 2.55. The summed E-state index contributed by atoms with van der Waals surface area (Å²) in [5, 5.41) is 20.2. The smallest absolute Gasteiger partial charge is 0.307 e. The SMILES string of the molecule is N#Cc1cc(Cc2ccc(CC(=O)O)cc2)cc2ccccc12. The summed E-state index contributed by atoms with van der Waals surface area (Å²) in [6.45, 7) is 0. The first-order chi connectivity index (χ1) is 11.2. The van der Waals surface area contributed by atoms with Crippen molar-refractivity contribution < 1.29 is 9.90 Å². The van der Waals surface area contributed by atoms with Crippen molar-refractivity contribution in [3.63, 3.8) is 0 Å². The molecule has 3 rings (SSSR count). The van der Waals surface area contributed by atoms with E-state index in [1.54, 1.807) is 0 Å². The Kier molecular flexibility index (Phi) is 4.07. The Bertz CT molecular complexity index is 905. The van der Waals surface area contributed by atoms with Gasteiger partial charge in [0, 0.05) is 0 Å². The molecular formula is C20H15NO2. The summed E-state index contributed by atoms with van der Waals surface area (Å²) >= 11 is 0. The molecule has 0 aliphatic rings. The third-order valence-corrected chi connectivity index (χ3v) is 3.83. The van der Waals surface area contributed by atoms with E-state index in [4.69, 9.17) is 5.11 Å². The molecule has 1 N–H and O–H groups in total. The highest BCUT2D eigenvalue weighted by Crippen LogP contribution is 2.22. The fourth-order valence-electron chi connectivity index (χ4n) is 2.75. The number of nitrogens with zero attached hydrogens (tertiary/aromatic N) is 1. The van der Waals surface area contributed by atoms with Crippen molar-refractivity contribution >= 4 is 16.7 Å². The fourth-order valence-corrected chi connectivity index (χ4v) is 2.75. The van der Waals surface area contributed by atoms with Crippen molar-refractivity contribution in [3.05, 3.63) is 82.9 Å². The van der Waals surface area contributed by atoms with E-state index in [2.05, 4.69) is 12.1 Å². The van der Waals surface area contributed by atoms with Gasteiger partial charge < -0.3 is 5.11 Å². The van der Waals surface area contributed by atoms with E-state index in [0.717, 1.165) is 27.5 Å². The zero-order chi connectivity index (χ0) is 16.2. The van der Waals surface area contributed by atoms with Crippen LogP contribution in [0.2, 0.25) is 0 Å². The third kappa shape index (κ3) is 3.38. The molecule has 0 aliphatic carbocycles. The Balaban J connectivity index is 1.89. The summed E-state index contributed by atoms with van der Waals surface area (Å²) in [5.74, 6) is -0.828. The summed E-state index contributed by atoms with van der Waals surface area (Å²) in [5.41, 5.74) is 3.64. The standard InChI is InChI=1S/C20H15NO2/c21-13-18-11-16(10-17-3-1-2-4-19(17)18)9-14-5-7-15(8-6-14)12-20(22)23/h1-8,10-11H,9,12H2,(H,22,23). The first kappa shape index (κ1) is 14.8. The van der Waals surface area contributed by atoms with E-state index in [-0.39, 0.29) is 6.42 Å². The minimum Gasteiger partial charge on any atom is -0.481 e. The van der Waals surface area contributed by atoms with E-state index < -0.39 is 5.97 Å². The van der Waals surface area contributed by atoms with E-state index in [1.807, 2.05) is 54.6 Å². The molecule has 3 nitrogen and oxygen atoms in total. The molecular weight excluding hydrogens is 286 g/mol. The average molecular weight is 301 g/mol. The van der Waals surface area contributed by atoms with Gasteiger partial charge in [-0.05, 0) is 39.9 Å². The van der Waals surface area contributed by atoms with Crippen LogP contribution in [-0.4, -0.2) is 11.1 Å². The normalized spacial score (nSPS) is 10.4. The molecule has 3 aromatic carbocycles. The lowest BCUT2D eigenvalue weighted by atomic mass is 9.97. The molecule has 0 aromatic heterocycles. The monoisotopic (exact) mass is 301 g/mol. The number of rotatable bonds is 4. The molecule has 0 saturated heterocycles. The minimum atomic E-state index is -0.828. The van der Waals surface area contributed by atoms with E-state index in [1.165, 1.54) is 0 Å². The van der Waals surface area contributed by atoms with Gasteiger partial charge in [-0.2, -0.15) is 5.26 Å². The van der Waals surface area contributed by atoms with Crippen LogP contribution in [-0.2, 0) is 17.6 Å². The Labute approximate surface area is 134 Å². The number of benzene rings is 3. The van der Waals surface area contributed by atoms with Crippen LogP contribution in [0.15, 0.2) is 60.7 Å². The van der Waals surface area contributed by atoms with E-state index in [0.29, 0.717) is 12.0 Å². The summed E-state index contributed by atoms with van der Waals surface area (Å²) in [6.07, 6.45) is 0.752. The molecule has 0 bridgehead atoms. The maximum absolute atomic E-state index is 10.7. The number of carbonyl (C=O) groups is 1. The maximum Gasteiger partial charge on any atom is 0.307 e. The van der Waals surface area contributed by atoms with Gasteiger partial charge >= 0.3 is 5.97 Å². The molecule has 0 atom stereocenters. The molecule has 0 saturated carbocycles. The largest absolute Gasteiger partial charge is 0.481 e. The predicted octanol–water partition coefficient (Wildman–Crippen LogP) is 3.93. The second-order valence-electron chi connectivity index (χ2n) is 5.54. The van der Waals surface area contributed by atoms with Gasteiger partial charge in [0.05, 0.1) is 18.1 Å². The van der Waals surface area contributed by atoms with Gasteiger partial charge in [0.15, 0.2) is 0 Å². The lowest BCUT2D eigenvalue weighted by Gasteiger charge is -2.07.